The Bertz CT molecular complexity index is 631. The van der Waals surface area contributed by atoms with Crippen LogP contribution in [0.5, 0.6) is 0 Å². The number of rotatable bonds is 4. The predicted octanol–water partition coefficient (Wildman–Crippen LogP) is 4.12. The minimum atomic E-state index is -0.0174. The van der Waals surface area contributed by atoms with Crippen molar-refractivity contribution >= 4 is 28.9 Å². The van der Waals surface area contributed by atoms with E-state index in [2.05, 4.69) is 22.3 Å². The summed E-state index contributed by atoms with van der Waals surface area (Å²) in [6.45, 7) is 2.27. The van der Waals surface area contributed by atoms with Crippen molar-refractivity contribution in [1.82, 2.24) is 0 Å². The van der Waals surface area contributed by atoms with Gasteiger partial charge in [0.1, 0.15) is 0 Å². The van der Waals surface area contributed by atoms with Gasteiger partial charge in [0.15, 0.2) is 0 Å². The molecule has 0 unspecified atom stereocenters. The number of anilines is 2. The normalized spacial score (nSPS) is 14.1. The first-order valence-corrected chi connectivity index (χ1v) is 7.98. The average molecular weight is 315 g/mol. The molecule has 22 heavy (non-hydrogen) atoms. The van der Waals surface area contributed by atoms with E-state index in [1.54, 1.807) is 24.3 Å². The Morgan fingerprint density at radius 2 is 1.64 bits per heavy atom. The van der Waals surface area contributed by atoms with Gasteiger partial charge in [0.25, 0.3) is 0 Å². The highest BCUT2D eigenvalue weighted by Gasteiger charge is 2.12. The zero-order valence-electron chi connectivity index (χ0n) is 12.4. The quantitative estimate of drug-likeness (QED) is 0.920. The van der Waals surface area contributed by atoms with Crippen molar-refractivity contribution in [2.75, 3.05) is 23.3 Å². The molecule has 1 amide bonds. The number of nitrogens with zero attached hydrogens (tertiary/aromatic N) is 1. The van der Waals surface area contributed by atoms with Crippen LogP contribution in [0.1, 0.15) is 18.4 Å². The highest BCUT2D eigenvalue weighted by Crippen LogP contribution is 2.21. The molecular weight excluding hydrogens is 296 g/mol. The third kappa shape index (κ3) is 3.80. The summed E-state index contributed by atoms with van der Waals surface area (Å²) in [4.78, 5) is 14.4. The second-order valence-corrected chi connectivity index (χ2v) is 6.03. The fraction of sp³-hybridized carbons (Fsp3) is 0.278. The maximum atomic E-state index is 12.1. The van der Waals surface area contributed by atoms with Crippen LogP contribution in [0.3, 0.4) is 0 Å². The standard InChI is InChI=1S/C18H19ClN2O/c19-15-5-7-16(8-6-15)20-18(22)13-14-3-9-17(10-4-14)21-11-1-2-12-21/h3-10H,1-2,11-13H2,(H,20,22). The van der Waals surface area contributed by atoms with E-state index in [-0.39, 0.29) is 5.91 Å². The number of carbonyl (C=O) groups excluding carboxylic acids is 1. The lowest BCUT2D eigenvalue weighted by atomic mass is 10.1. The molecular formula is C18H19ClN2O. The van der Waals surface area contributed by atoms with E-state index in [0.717, 1.165) is 24.3 Å². The molecule has 0 aromatic heterocycles. The Kier molecular flexibility index (Phi) is 4.64. The zero-order valence-corrected chi connectivity index (χ0v) is 13.1. The molecule has 1 N–H and O–H groups in total. The second-order valence-electron chi connectivity index (χ2n) is 5.59. The molecule has 0 aliphatic carbocycles. The summed E-state index contributed by atoms with van der Waals surface area (Å²) in [5.74, 6) is -0.0174. The minimum Gasteiger partial charge on any atom is -0.372 e. The molecule has 2 aromatic carbocycles. The topological polar surface area (TPSA) is 32.3 Å². The SMILES string of the molecule is O=C(Cc1ccc(N2CCCC2)cc1)Nc1ccc(Cl)cc1. The van der Waals surface area contributed by atoms with Crippen molar-refractivity contribution < 1.29 is 4.79 Å². The fourth-order valence-corrected chi connectivity index (χ4v) is 2.85. The third-order valence-corrected chi connectivity index (χ3v) is 4.15. The molecule has 3 rings (SSSR count). The summed E-state index contributed by atoms with van der Waals surface area (Å²) in [6.07, 6.45) is 2.92. The Labute approximate surface area is 135 Å². The molecule has 1 heterocycles. The van der Waals surface area contributed by atoms with Gasteiger partial charge in [-0.25, -0.2) is 0 Å². The van der Waals surface area contributed by atoms with Crippen molar-refractivity contribution in [2.24, 2.45) is 0 Å². The molecule has 0 bridgehead atoms. The van der Waals surface area contributed by atoms with Gasteiger partial charge in [0, 0.05) is 29.5 Å². The van der Waals surface area contributed by atoms with E-state index in [9.17, 15) is 4.79 Å². The van der Waals surface area contributed by atoms with Crippen LogP contribution in [-0.2, 0) is 11.2 Å². The largest absolute Gasteiger partial charge is 0.372 e. The van der Waals surface area contributed by atoms with Crippen molar-refractivity contribution in [3.63, 3.8) is 0 Å². The van der Waals surface area contributed by atoms with Gasteiger partial charge in [-0.1, -0.05) is 23.7 Å². The van der Waals surface area contributed by atoms with Crippen molar-refractivity contribution in [3.05, 3.63) is 59.1 Å². The molecule has 114 valence electrons. The van der Waals surface area contributed by atoms with Crippen LogP contribution in [0.4, 0.5) is 11.4 Å². The van der Waals surface area contributed by atoms with Gasteiger partial charge in [0.05, 0.1) is 6.42 Å². The Balaban J connectivity index is 1.57. The fourth-order valence-electron chi connectivity index (χ4n) is 2.72. The Morgan fingerprint density at radius 3 is 2.27 bits per heavy atom. The number of carbonyl (C=O) groups is 1. The number of hydrogen-bond acceptors (Lipinski definition) is 2. The van der Waals surface area contributed by atoms with Crippen LogP contribution in [0.2, 0.25) is 5.02 Å². The first kappa shape index (κ1) is 14.9. The predicted molar refractivity (Wildman–Crippen MR) is 91.7 cm³/mol. The molecule has 1 aliphatic rings. The van der Waals surface area contributed by atoms with Gasteiger partial charge < -0.3 is 10.2 Å². The monoisotopic (exact) mass is 314 g/mol. The van der Waals surface area contributed by atoms with Crippen LogP contribution in [0.15, 0.2) is 48.5 Å². The highest BCUT2D eigenvalue weighted by atomic mass is 35.5. The lowest BCUT2D eigenvalue weighted by molar-refractivity contribution is -0.115. The van der Waals surface area contributed by atoms with Crippen molar-refractivity contribution in [3.8, 4) is 0 Å². The maximum absolute atomic E-state index is 12.1. The van der Waals surface area contributed by atoms with E-state index in [1.807, 2.05) is 12.1 Å². The summed E-state index contributed by atoms with van der Waals surface area (Å²) in [7, 11) is 0. The van der Waals surface area contributed by atoms with Crippen LogP contribution in [0, 0.1) is 0 Å². The number of halogens is 1. The highest BCUT2D eigenvalue weighted by molar-refractivity contribution is 6.30. The van der Waals surface area contributed by atoms with E-state index in [4.69, 9.17) is 11.6 Å². The molecule has 0 saturated carbocycles. The second kappa shape index (κ2) is 6.84. The van der Waals surface area contributed by atoms with Gasteiger partial charge in [-0.2, -0.15) is 0 Å². The molecule has 0 atom stereocenters. The minimum absolute atomic E-state index is 0.0174. The molecule has 3 nitrogen and oxygen atoms in total. The zero-order chi connectivity index (χ0) is 15.4. The molecule has 1 fully saturated rings. The van der Waals surface area contributed by atoms with Crippen LogP contribution < -0.4 is 10.2 Å². The smallest absolute Gasteiger partial charge is 0.228 e. The van der Waals surface area contributed by atoms with Crippen LogP contribution >= 0.6 is 11.6 Å². The molecule has 0 radical (unpaired) electrons. The van der Waals surface area contributed by atoms with E-state index < -0.39 is 0 Å². The molecule has 0 spiro atoms. The Morgan fingerprint density at radius 1 is 1.00 bits per heavy atom. The number of nitrogens with one attached hydrogen (secondary N) is 1. The van der Waals surface area contributed by atoms with Gasteiger partial charge in [-0.15, -0.1) is 0 Å². The Hall–Kier alpha value is -2.00. The van der Waals surface area contributed by atoms with Crippen molar-refractivity contribution in [2.45, 2.75) is 19.3 Å². The number of amides is 1. The summed E-state index contributed by atoms with van der Waals surface area (Å²) in [6, 6.07) is 15.4. The summed E-state index contributed by atoms with van der Waals surface area (Å²) in [5.41, 5.74) is 3.04. The van der Waals surface area contributed by atoms with Gasteiger partial charge >= 0.3 is 0 Å². The van der Waals surface area contributed by atoms with Crippen LogP contribution in [-0.4, -0.2) is 19.0 Å². The van der Waals surface area contributed by atoms with Gasteiger partial charge in [-0.05, 0) is 54.8 Å². The summed E-state index contributed by atoms with van der Waals surface area (Å²) in [5, 5.41) is 3.54. The first-order chi connectivity index (χ1) is 10.7. The van der Waals surface area contributed by atoms with E-state index in [1.165, 1.54) is 18.5 Å². The summed E-state index contributed by atoms with van der Waals surface area (Å²) >= 11 is 5.83. The first-order valence-electron chi connectivity index (χ1n) is 7.60. The molecule has 1 saturated heterocycles. The van der Waals surface area contributed by atoms with Gasteiger partial charge in [0.2, 0.25) is 5.91 Å². The maximum Gasteiger partial charge on any atom is 0.228 e. The molecule has 2 aromatic rings. The number of hydrogen-bond donors (Lipinski definition) is 1. The average Bonchev–Trinajstić information content (AvgIpc) is 3.05. The molecule has 1 aliphatic heterocycles. The third-order valence-electron chi connectivity index (χ3n) is 3.90. The van der Waals surface area contributed by atoms with Gasteiger partial charge in [-0.3, -0.25) is 4.79 Å². The lowest BCUT2D eigenvalue weighted by Gasteiger charge is -2.17. The summed E-state index contributed by atoms with van der Waals surface area (Å²) < 4.78 is 0. The van der Waals surface area contributed by atoms with E-state index in [0.29, 0.717) is 11.4 Å². The molecule has 4 heteroatoms. The lowest BCUT2D eigenvalue weighted by Crippen LogP contribution is -2.17. The van der Waals surface area contributed by atoms with E-state index >= 15 is 0 Å². The van der Waals surface area contributed by atoms with Crippen molar-refractivity contribution in [1.29, 1.82) is 0 Å². The van der Waals surface area contributed by atoms with Crippen LogP contribution in [0.25, 0.3) is 0 Å². The number of benzene rings is 2.